The van der Waals surface area contributed by atoms with Crippen molar-refractivity contribution < 1.29 is 57.8 Å². The number of ketones is 1. The number of cyclic esters (lactones) is 1. The van der Waals surface area contributed by atoms with Crippen LogP contribution in [0.3, 0.4) is 0 Å². The first-order valence-corrected chi connectivity index (χ1v) is 25.5. The molecule has 0 spiro atoms. The average molecular weight is 1010 g/mol. The number of alkyl halides is 1. The molecule has 0 bridgehead atoms. The number of piperidine rings is 1. The van der Waals surface area contributed by atoms with Crippen LogP contribution in [0.5, 0.6) is 0 Å². The third kappa shape index (κ3) is 13.1. The maximum atomic E-state index is 14.9. The number of carbonyl (C=O) groups excluding carboxylic acids is 2. The molecule has 0 radical (unpaired) electrons. The van der Waals surface area contributed by atoms with Crippen molar-refractivity contribution in [2.75, 3.05) is 47.6 Å². The Hall–Kier alpha value is -4.38. The zero-order valence-corrected chi connectivity index (χ0v) is 43.9. The van der Waals surface area contributed by atoms with Gasteiger partial charge in [-0.2, -0.15) is 0 Å². The molecule has 6 rings (SSSR count). The predicted molar refractivity (Wildman–Crippen MR) is 265 cm³/mol. The van der Waals surface area contributed by atoms with Crippen molar-refractivity contribution in [1.29, 1.82) is 0 Å². The first-order chi connectivity index (χ1) is 34.3. The number of rotatable bonds is 16. The summed E-state index contributed by atoms with van der Waals surface area (Å²) in [5.74, 6) is -4.96. The summed E-state index contributed by atoms with van der Waals surface area (Å²) < 4.78 is 47.6. The number of aromatic nitrogens is 5. The Morgan fingerprint density at radius 3 is 2.43 bits per heavy atom. The van der Waals surface area contributed by atoms with Crippen LogP contribution in [-0.4, -0.2) is 170 Å². The summed E-state index contributed by atoms with van der Waals surface area (Å²) in [5.41, 5.74) is 0.155. The molecule has 20 heteroatoms. The molecule has 400 valence electrons. The Labute approximate surface area is 423 Å². The summed E-state index contributed by atoms with van der Waals surface area (Å²) >= 11 is 0. The van der Waals surface area contributed by atoms with E-state index in [1.165, 1.54) is 32.7 Å². The average Bonchev–Trinajstić information content (AvgIpc) is 3.86. The molecule has 3 saturated heterocycles. The van der Waals surface area contributed by atoms with Crippen molar-refractivity contribution in [3.63, 3.8) is 0 Å². The molecule has 2 aromatic heterocycles. The van der Waals surface area contributed by atoms with Gasteiger partial charge in [0.15, 0.2) is 12.1 Å². The minimum Gasteiger partial charge on any atom is -0.459 e. The van der Waals surface area contributed by atoms with Gasteiger partial charge in [0.1, 0.15) is 48.7 Å². The van der Waals surface area contributed by atoms with Gasteiger partial charge in [-0.25, -0.2) is 9.07 Å². The first-order valence-electron chi connectivity index (χ1n) is 25.5. The van der Waals surface area contributed by atoms with E-state index in [4.69, 9.17) is 28.5 Å². The molecule has 0 amide bonds. The number of Topliss-reactive ketones (excluding diaryl/α,β-unsaturated/α-hetero) is 1. The van der Waals surface area contributed by atoms with E-state index in [1.807, 2.05) is 50.1 Å². The molecule has 0 aliphatic carbocycles. The van der Waals surface area contributed by atoms with E-state index in [0.717, 1.165) is 30.5 Å². The van der Waals surface area contributed by atoms with E-state index in [2.05, 4.69) is 30.8 Å². The number of likely N-dealkylation sites (N-methyl/N-ethyl adjacent to an activating group) is 1. The van der Waals surface area contributed by atoms with E-state index < -0.39 is 108 Å². The first kappa shape index (κ1) is 56.9. The van der Waals surface area contributed by atoms with Crippen molar-refractivity contribution in [2.24, 2.45) is 28.8 Å². The number of oxime groups is 1. The number of esters is 1. The zero-order chi connectivity index (χ0) is 52.5. The summed E-state index contributed by atoms with van der Waals surface area (Å²) in [6.07, 6.45) is 2.03. The predicted octanol–water partition coefficient (Wildman–Crippen LogP) is 4.84. The van der Waals surface area contributed by atoms with Gasteiger partial charge in [-0.15, -0.1) is 5.10 Å². The molecular formula is C52H79FN8O11. The van der Waals surface area contributed by atoms with Gasteiger partial charge >= 0.3 is 5.97 Å². The van der Waals surface area contributed by atoms with Crippen molar-refractivity contribution in [1.82, 2.24) is 35.2 Å². The van der Waals surface area contributed by atoms with Crippen LogP contribution >= 0.6 is 0 Å². The number of nitrogens with zero attached hydrogens (tertiary/aromatic N) is 7. The van der Waals surface area contributed by atoms with Crippen LogP contribution in [-0.2, 0) is 44.5 Å². The van der Waals surface area contributed by atoms with Crippen LogP contribution in [0.15, 0.2) is 54.2 Å². The number of hydrogen-bond acceptors (Lipinski definition) is 18. The fraction of sp³-hybridized carbons (Fsp3) is 0.712. The Kier molecular flexibility index (Phi) is 19.9. The van der Waals surface area contributed by atoms with Crippen LogP contribution in [0.4, 0.5) is 4.39 Å². The topological polar surface area (TPSA) is 234 Å². The maximum absolute atomic E-state index is 14.9. The normalized spacial score (nSPS) is 34.9. The Morgan fingerprint density at radius 1 is 1.07 bits per heavy atom. The number of benzene rings is 1. The molecule has 5 heterocycles. The van der Waals surface area contributed by atoms with Crippen LogP contribution in [0.25, 0.3) is 11.3 Å². The van der Waals surface area contributed by atoms with Crippen molar-refractivity contribution in [3.05, 3.63) is 60.3 Å². The summed E-state index contributed by atoms with van der Waals surface area (Å²) in [4.78, 5) is 45.0. The molecule has 3 aromatic rings. The lowest BCUT2D eigenvalue weighted by Crippen LogP contribution is -2.60. The number of carbonyl (C=O) groups is 2. The zero-order valence-electron chi connectivity index (χ0n) is 43.9. The number of nitrogens with one attached hydrogen (secondary N) is 1. The highest BCUT2D eigenvalue weighted by molar-refractivity contribution is 6.00. The number of aliphatic hydroxyl groups excluding tert-OH is 2. The maximum Gasteiger partial charge on any atom is 0.316 e. The molecular weight excluding hydrogens is 932 g/mol. The van der Waals surface area contributed by atoms with Crippen LogP contribution in [0, 0.1) is 23.7 Å². The molecule has 4 N–H and O–H groups in total. The Morgan fingerprint density at radius 2 is 1.81 bits per heavy atom. The fourth-order valence-corrected chi connectivity index (χ4v) is 10.7. The molecule has 1 aromatic carbocycles. The van der Waals surface area contributed by atoms with E-state index >= 15 is 0 Å². The molecule has 0 saturated carbocycles. The summed E-state index contributed by atoms with van der Waals surface area (Å²) in [6, 6.07) is 6.25. The molecule has 0 unspecified atom stereocenters. The third-order valence-electron chi connectivity index (χ3n) is 15.3. The van der Waals surface area contributed by atoms with Gasteiger partial charge in [-0.1, -0.05) is 62.3 Å². The quantitative estimate of drug-likeness (QED) is 0.0854. The molecule has 3 aliphatic heterocycles. The van der Waals surface area contributed by atoms with Gasteiger partial charge in [-0.05, 0) is 79.0 Å². The van der Waals surface area contributed by atoms with E-state index in [9.17, 15) is 29.3 Å². The number of halogens is 1. The van der Waals surface area contributed by atoms with Crippen molar-refractivity contribution >= 4 is 17.5 Å². The molecule has 16 atom stereocenters. The fourth-order valence-electron chi connectivity index (χ4n) is 10.7. The second kappa shape index (κ2) is 25.2. The lowest BCUT2D eigenvalue weighted by Gasteiger charge is -2.47. The van der Waals surface area contributed by atoms with Gasteiger partial charge < -0.3 is 54.1 Å². The number of ether oxygens (including phenoxy) is 5. The Balaban J connectivity index is 1.22. The minimum atomic E-state index is -1.93. The smallest absolute Gasteiger partial charge is 0.316 e. The monoisotopic (exact) mass is 1010 g/mol. The van der Waals surface area contributed by atoms with Gasteiger partial charge in [0.2, 0.25) is 0 Å². The van der Waals surface area contributed by atoms with E-state index in [-0.39, 0.29) is 18.9 Å². The highest BCUT2D eigenvalue weighted by Gasteiger charge is 2.52. The second-order valence-electron chi connectivity index (χ2n) is 20.6. The van der Waals surface area contributed by atoms with Gasteiger partial charge in [0.05, 0.1) is 47.2 Å². The SMILES string of the molecule is CC[C@H]1OC(=O)[C@H](C)C(=O)[C@H](C)[C@@H](O[C@@H]2O[C@H](C)C[C@H](N(C)CCc3cn([C@H](CF)[C@H](OC)c4ccc(-c5cnccn5)cc4)nn3)[C@H]2O)[C@](C)(OC)C[C@@H](C)/C(=N\O[C@@H]2CCCNC2)[C@H](C)[C@@H](O)[C@]1(C)O. The largest absolute Gasteiger partial charge is 0.459 e. The lowest BCUT2D eigenvalue weighted by molar-refractivity contribution is -0.295. The summed E-state index contributed by atoms with van der Waals surface area (Å²) in [5, 5.41) is 52.7. The number of aliphatic hydroxyl groups is 3. The number of methoxy groups -OCH3 is 2. The molecule has 19 nitrogen and oxygen atoms in total. The highest BCUT2D eigenvalue weighted by atomic mass is 19.1. The van der Waals surface area contributed by atoms with E-state index in [1.54, 1.807) is 52.5 Å². The van der Waals surface area contributed by atoms with E-state index in [0.29, 0.717) is 43.0 Å². The molecule has 3 aliphatic rings. The molecule has 3 fully saturated rings. The highest BCUT2D eigenvalue weighted by Crippen LogP contribution is 2.39. The number of hydrogen-bond donors (Lipinski definition) is 4. The van der Waals surface area contributed by atoms with Crippen LogP contribution < -0.4 is 5.32 Å². The Bertz CT molecular complexity index is 2220. The standard InChI is InChI=1S/C52H79FN8O11/c1-12-42-52(8,66)47(64)32(4)43(58-72-38-14-13-20-54-27-38)30(2)25-51(7,68-11)48(33(5)44(62)34(6)49(65)70-42)71-50-45(63)40(24-31(3)69-50)60(9)23-19-37-29-61(59-57-37)41(26-53)46(67-10)36-17-15-35(16-18-36)39-28-55-21-22-56-39/h15-18,21-22,28-34,38,40-42,45-48,50,54,63-64,66H,12-14,19-20,23-27H2,1-11H3/b58-43+/t30-,31-,32+,33+,34-,38-,40+,41-,42-,45-,46-,47-,48-,50+,51-,52-/m1/s1. The van der Waals surface area contributed by atoms with Gasteiger partial charge in [0.25, 0.3) is 0 Å². The van der Waals surface area contributed by atoms with Crippen molar-refractivity contribution in [2.45, 2.75) is 166 Å². The third-order valence-corrected chi connectivity index (χ3v) is 15.3. The summed E-state index contributed by atoms with van der Waals surface area (Å²) in [6.45, 7) is 14.7. The van der Waals surface area contributed by atoms with Crippen LogP contribution in [0.2, 0.25) is 0 Å². The van der Waals surface area contributed by atoms with Gasteiger partial charge in [-0.3, -0.25) is 19.6 Å². The minimum absolute atomic E-state index is 0.153. The van der Waals surface area contributed by atoms with Gasteiger partial charge in [0, 0.05) is 81.7 Å². The molecule has 72 heavy (non-hydrogen) atoms. The lowest BCUT2D eigenvalue weighted by atomic mass is 9.74. The van der Waals surface area contributed by atoms with Crippen molar-refractivity contribution in [3.8, 4) is 11.3 Å². The second-order valence-corrected chi connectivity index (χ2v) is 20.6. The summed E-state index contributed by atoms with van der Waals surface area (Å²) in [7, 11) is 4.92. The van der Waals surface area contributed by atoms with Crippen LogP contribution in [0.1, 0.15) is 111 Å².